The zero-order chi connectivity index (χ0) is 14.7. The minimum atomic E-state index is -0.106. The number of piperidine rings is 1. The Balaban J connectivity index is 2.35. The van der Waals surface area contributed by atoms with Crippen LogP contribution in [0.2, 0.25) is 0 Å². The molecule has 0 radical (unpaired) electrons. The highest BCUT2D eigenvalue weighted by Crippen LogP contribution is 2.37. The SMILES string of the molecule is CNCC1CCCN(C(C)C)C1c1ccc(F)c(C)c1. The fourth-order valence-corrected chi connectivity index (χ4v) is 3.47. The summed E-state index contributed by atoms with van der Waals surface area (Å²) in [5, 5.41) is 3.32. The minimum absolute atomic E-state index is 0.106. The number of hydrogen-bond acceptors (Lipinski definition) is 2. The molecule has 20 heavy (non-hydrogen) atoms. The van der Waals surface area contributed by atoms with Gasteiger partial charge in [-0.15, -0.1) is 0 Å². The summed E-state index contributed by atoms with van der Waals surface area (Å²) in [6.45, 7) is 8.52. The lowest BCUT2D eigenvalue weighted by atomic mass is 9.83. The lowest BCUT2D eigenvalue weighted by Crippen LogP contribution is -2.45. The van der Waals surface area contributed by atoms with E-state index in [0.717, 1.165) is 18.7 Å². The van der Waals surface area contributed by atoms with Crippen molar-refractivity contribution in [2.45, 2.75) is 45.7 Å². The van der Waals surface area contributed by atoms with Crippen LogP contribution in [0.25, 0.3) is 0 Å². The first-order valence-electron chi connectivity index (χ1n) is 7.71. The van der Waals surface area contributed by atoms with E-state index in [-0.39, 0.29) is 5.82 Å². The van der Waals surface area contributed by atoms with Crippen LogP contribution in [0.4, 0.5) is 4.39 Å². The monoisotopic (exact) mass is 278 g/mol. The lowest BCUT2D eigenvalue weighted by molar-refractivity contribution is 0.0635. The fraction of sp³-hybridized carbons (Fsp3) is 0.647. The minimum Gasteiger partial charge on any atom is -0.319 e. The average Bonchev–Trinajstić information content (AvgIpc) is 2.42. The van der Waals surface area contributed by atoms with Crippen molar-refractivity contribution in [3.05, 3.63) is 35.1 Å². The second-order valence-corrected chi connectivity index (χ2v) is 6.25. The molecule has 2 rings (SSSR count). The Bertz CT molecular complexity index is 443. The molecule has 1 aromatic carbocycles. The van der Waals surface area contributed by atoms with Crippen molar-refractivity contribution in [2.24, 2.45) is 5.92 Å². The van der Waals surface area contributed by atoms with E-state index in [9.17, 15) is 4.39 Å². The van der Waals surface area contributed by atoms with Crippen LogP contribution in [-0.2, 0) is 0 Å². The Kier molecular flexibility index (Phi) is 5.17. The van der Waals surface area contributed by atoms with Gasteiger partial charge in [-0.25, -0.2) is 4.39 Å². The standard InChI is InChI=1S/C17H27FN2/c1-12(2)20-9-5-6-15(11-19-4)17(20)14-7-8-16(18)13(3)10-14/h7-8,10,12,15,17,19H,5-6,9,11H2,1-4H3. The third kappa shape index (κ3) is 3.21. The molecule has 1 fully saturated rings. The smallest absolute Gasteiger partial charge is 0.126 e. The van der Waals surface area contributed by atoms with Gasteiger partial charge < -0.3 is 5.32 Å². The van der Waals surface area contributed by atoms with Crippen molar-refractivity contribution >= 4 is 0 Å². The molecule has 0 aliphatic carbocycles. The van der Waals surface area contributed by atoms with Gasteiger partial charge in [-0.3, -0.25) is 4.90 Å². The molecule has 2 nitrogen and oxygen atoms in total. The third-order valence-corrected chi connectivity index (χ3v) is 4.45. The van der Waals surface area contributed by atoms with Crippen LogP contribution in [0, 0.1) is 18.7 Å². The maximum Gasteiger partial charge on any atom is 0.126 e. The molecule has 2 unspecified atom stereocenters. The van der Waals surface area contributed by atoms with Gasteiger partial charge in [0.05, 0.1) is 0 Å². The molecule has 0 spiro atoms. The second kappa shape index (κ2) is 6.68. The van der Waals surface area contributed by atoms with Crippen molar-refractivity contribution in [1.82, 2.24) is 10.2 Å². The number of aryl methyl sites for hydroxylation is 1. The highest BCUT2D eigenvalue weighted by atomic mass is 19.1. The second-order valence-electron chi connectivity index (χ2n) is 6.25. The molecular formula is C17H27FN2. The summed E-state index contributed by atoms with van der Waals surface area (Å²) in [4.78, 5) is 2.57. The van der Waals surface area contributed by atoms with E-state index in [1.165, 1.54) is 18.4 Å². The lowest BCUT2D eigenvalue weighted by Gasteiger charge is -2.44. The largest absolute Gasteiger partial charge is 0.319 e. The maximum atomic E-state index is 13.5. The normalized spacial score (nSPS) is 24.3. The summed E-state index contributed by atoms with van der Waals surface area (Å²) in [7, 11) is 2.02. The summed E-state index contributed by atoms with van der Waals surface area (Å²) in [6, 6.07) is 6.54. The highest BCUT2D eigenvalue weighted by molar-refractivity contribution is 5.27. The average molecular weight is 278 g/mol. The van der Waals surface area contributed by atoms with E-state index in [1.54, 1.807) is 6.07 Å². The van der Waals surface area contributed by atoms with E-state index in [2.05, 4.69) is 24.1 Å². The van der Waals surface area contributed by atoms with Crippen molar-refractivity contribution in [3.63, 3.8) is 0 Å². The van der Waals surface area contributed by atoms with Gasteiger partial charge in [0.1, 0.15) is 5.82 Å². The van der Waals surface area contributed by atoms with Crippen molar-refractivity contribution in [2.75, 3.05) is 20.1 Å². The van der Waals surface area contributed by atoms with E-state index in [1.807, 2.05) is 26.1 Å². The third-order valence-electron chi connectivity index (χ3n) is 4.45. The van der Waals surface area contributed by atoms with Gasteiger partial charge in [0, 0.05) is 12.1 Å². The predicted octanol–water partition coefficient (Wildman–Crippen LogP) is 3.52. The molecule has 112 valence electrons. The molecular weight excluding hydrogens is 251 g/mol. The fourth-order valence-electron chi connectivity index (χ4n) is 3.47. The number of benzene rings is 1. The number of hydrogen-bond donors (Lipinski definition) is 1. The zero-order valence-corrected chi connectivity index (χ0v) is 13.1. The van der Waals surface area contributed by atoms with Gasteiger partial charge >= 0.3 is 0 Å². The summed E-state index contributed by atoms with van der Waals surface area (Å²) < 4.78 is 13.5. The Labute approximate surface area is 122 Å². The number of nitrogens with one attached hydrogen (secondary N) is 1. The number of halogens is 1. The predicted molar refractivity (Wildman–Crippen MR) is 82.4 cm³/mol. The van der Waals surface area contributed by atoms with Crippen LogP contribution in [-0.4, -0.2) is 31.1 Å². The van der Waals surface area contributed by atoms with E-state index >= 15 is 0 Å². The van der Waals surface area contributed by atoms with Crippen LogP contribution in [0.3, 0.4) is 0 Å². The highest BCUT2D eigenvalue weighted by Gasteiger charge is 2.33. The number of likely N-dealkylation sites (tertiary alicyclic amines) is 1. The van der Waals surface area contributed by atoms with Gasteiger partial charge in [0.15, 0.2) is 0 Å². The topological polar surface area (TPSA) is 15.3 Å². The molecule has 0 saturated carbocycles. The Hall–Kier alpha value is -0.930. The van der Waals surface area contributed by atoms with E-state index in [4.69, 9.17) is 0 Å². The molecule has 0 bridgehead atoms. The van der Waals surface area contributed by atoms with Gasteiger partial charge in [-0.05, 0) is 76.9 Å². The van der Waals surface area contributed by atoms with Crippen LogP contribution >= 0.6 is 0 Å². The first-order valence-corrected chi connectivity index (χ1v) is 7.71. The van der Waals surface area contributed by atoms with Crippen LogP contribution < -0.4 is 5.32 Å². The molecule has 1 heterocycles. The molecule has 1 aliphatic heterocycles. The van der Waals surface area contributed by atoms with Gasteiger partial charge in [-0.1, -0.05) is 12.1 Å². The molecule has 1 aromatic rings. The first kappa shape index (κ1) is 15.5. The van der Waals surface area contributed by atoms with Crippen molar-refractivity contribution in [1.29, 1.82) is 0 Å². The molecule has 0 amide bonds. The summed E-state index contributed by atoms with van der Waals surface area (Å²) in [6.07, 6.45) is 2.49. The number of rotatable bonds is 4. The molecule has 1 aliphatic rings. The first-order chi connectivity index (χ1) is 9.54. The summed E-state index contributed by atoms with van der Waals surface area (Å²) >= 11 is 0. The van der Waals surface area contributed by atoms with Crippen LogP contribution in [0.15, 0.2) is 18.2 Å². The van der Waals surface area contributed by atoms with Crippen LogP contribution in [0.1, 0.15) is 43.9 Å². The molecule has 0 aromatic heterocycles. The molecule has 1 N–H and O–H groups in total. The van der Waals surface area contributed by atoms with Gasteiger partial charge in [-0.2, -0.15) is 0 Å². The summed E-state index contributed by atoms with van der Waals surface area (Å²) in [5.41, 5.74) is 2.01. The molecule has 1 saturated heterocycles. The van der Waals surface area contributed by atoms with Crippen LogP contribution in [0.5, 0.6) is 0 Å². The molecule has 3 heteroatoms. The number of nitrogens with zero attached hydrogens (tertiary/aromatic N) is 1. The Morgan fingerprint density at radius 3 is 2.75 bits per heavy atom. The van der Waals surface area contributed by atoms with Crippen molar-refractivity contribution < 1.29 is 4.39 Å². The van der Waals surface area contributed by atoms with E-state index < -0.39 is 0 Å². The Morgan fingerprint density at radius 1 is 1.40 bits per heavy atom. The van der Waals surface area contributed by atoms with Gasteiger partial charge in [0.2, 0.25) is 0 Å². The molecule has 2 atom stereocenters. The summed E-state index contributed by atoms with van der Waals surface area (Å²) in [5.74, 6) is 0.492. The van der Waals surface area contributed by atoms with Gasteiger partial charge in [0.25, 0.3) is 0 Å². The Morgan fingerprint density at radius 2 is 2.15 bits per heavy atom. The van der Waals surface area contributed by atoms with E-state index in [0.29, 0.717) is 18.0 Å². The quantitative estimate of drug-likeness (QED) is 0.906. The maximum absolute atomic E-state index is 13.5. The van der Waals surface area contributed by atoms with Crippen molar-refractivity contribution in [3.8, 4) is 0 Å². The zero-order valence-electron chi connectivity index (χ0n) is 13.1.